The van der Waals surface area contributed by atoms with Crippen molar-refractivity contribution in [1.29, 1.82) is 0 Å². The standard InChI is InChI=1S/C14H32N2/c1-13(2)7-5-10-16(12-9-15)11-6-8-14(3)4/h13-14H,5-12,15H2,1-4H3. The molecule has 0 fully saturated rings. The highest BCUT2D eigenvalue weighted by Gasteiger charge is 2.05. The van der Waals surface area contributed by atoms with Crippen molar-refractivity contribution >= 4 is 0 Å². The van der Waals surface area contributed by atoms with Crippen molar-refractivity contribution in [3.63, 3.8) is 0 Å². The van der Waals surface area contributed by atoms with Gasteiger partial charge in [-0.15, -0.1) is 0 Å². The van der Waals surface area contributed by atoms with Crippen LogP contribution in [0.3, 0.4) is 0 Å². The van der Waals surface area contributed by atoms with E-state index in [4.69, 9.17) is 5.73 Å². The van der Waals surface area contributed by atoms with E-state index in [0.29, 0.717) is 0 Å². The maximum absolute atomic E-state index is 5.65. The van der Waals surface area contributed by atoms with E-state index in [1.165, 1.54) is 38.8 Å². The molecule has 0 rings (SSSR count). The molecule has 0 saturated carbocycles. The highest BCUT2D eigenvalue weighted by Crippen LogP contribution is 2.07. The van der Waals surface area contributed by atoms with Crippen LogP contribution >= 0.6 is 0 Å². The zero-order valence-corrected chi connectivity index (χ0v) is 11.8. The molecule has 0 radical (unpaired) electrons. The first kappa shape index (κ1) is 15.9. The average molecular weight is 228 g/mol. The molecule has 0 aromatic rings. The van der Waals surface area contributed by atoms with Gasteiger partial charge in [-0.1, -0.05) is 27.7 Å². The molecule has 0 atom stereocenters. The molecule has 0 amide bonds. The van der Waals surface area contributed by atoms with Crippen LogP contribution in [-0.2, 0) is 0 Å². The summed E-state index contributed by atoms with van der Waals surface area (Å²) in [5.41, 5.74) is 5.65. The summed E-state index contributed by atoms with van der Waals surface area (Å²) in [6.45, 7) is 13.5. The Hall–Kier alpha value is -0.0800. The molecule has 2 heteroatoms. The molecule has 0 aliphatic carbocycles. The SMILES string of the molecule is CC(C)CCCN(CCN)CCCC(C)C. The maximum Gasteiger partial charge on any atom is 0.0105 e. The molecular weight excluding hydrogens is 196 g/mol. The Balaban J connectivity index is 3.61. The van der Waals surface area contributed by atoms with E-state index in [1.807, 2.05) is 0 Å². The number of hydrogen-bond donors (Lipinski definition) is 1. The molecule has 16 heavy (non-hydrogen) atoms. The van der Waals surface area contributed by atoms with Gasteiger partial charge in [0.15, 0.2) is 0 Å². The van der Waals surface area contributed by atoms with Crippen molar-refractivity contribution in [2.45, 2.75) is 53.4 Å². The Labute approximate surface area is 103 Å². The summed E-state index contributed by atoms with van der Waals surface area (Å²) in [6, 6.07) is 0. The maximum atomic E-state index is 5.65. The van der Waals surface area contributed by atoms with Gasteiger partial charge < -0.3 is 10.6 Å². The van der Waals surface area contributed by atoms with Gasteiger partial charge in [0.1, 0.15) is 0 Å². The zero-order valence-electron chi connectivity index (χ0n) is 11.8. The zero-order chi connectivity index (χ0) is 12.4. The van der Waals surface area contributed by atoms with Crippen LogP contribution in [0.25, 0.3) is 0 Å². The molecular formula is C14H32N2. The molecule has 0 bridgehead atoms. The van der Waals surface area contributed by atoms with Crippen molar-refractivity contribution in [3.8, 4) is 0 Å². The first-order chi connectivity index (χ1) is 7.56. The van der Waals surface area contributed by atoms with Crippen LogP contribution in [-0.4, -0.2) is 31.1 Å². The van der Waals surface area contributed by atoms with E-state index in [0.717, 1.165) is 24.9 Å². The van der Waals surface area contributed by atoms with Crippen LogP contribution in [0.15, 0.2) is 0 Å². The quantitative estimate of drug-likeness (QED) is 0.622. The fourth-order valence-corrected chi connectivity index (χ4v) is 1.96. The molecule has 0 aromatic carbocycles. The van der Waals surface area contributed by atoms with Gasteiger partial charge >= 0.3 is 0 Å². The molecule has 2 nitrogen and oxygen atoms in total. The lowest BCUT2D eigenvalue weighted by Crippen LogP contribution is -2.31. The predicted octanol–water partition coefficient (Wildman–Crippen LogP) is 3.12. The second kappa shape index (κ2) is 10.1. The van der Waals surface area contributed by atoms with Crippen molar-refractivity contribution in [2.24, 2.45) is 17.6 Å². The Bertz CT molecular complexity index is 130. The van der Waals surface area contributed by atoms with Gasteiger partial charge in [0, 0.05) is 13.1 Å². The highest BCUT2D eigenvalue weighted by atomic mass is 15.1. The number of hydrogen-bond acceptors (Lipinski definition) is 2. The first-order valence-electron chi connectivity index (χ1n) is 6.98. The third-order valence-electron chi connectivity index (χ3n) is 2.96. The van der Waals surface area contributed by atoms with Crippen molar-refractivity contribution in [2.75, 3.05) is 26.2 Å². The Kier molecular flexibility index (Phi) is 10.0. The van der Waals surface area contributed by atoms with E-state index in [-0.39, 0.29) is 0 Å². The molecule has 0 saturated heterocycles. The van der Waals surface area contributed by atoms with Gasteiger partial charge in [-0.3, -0.25) is 0 Å². The van der Waals surface area contributed by atoms with E-state index in [9.17, 15) is 0 Å². The lowest BCUT2D eigenvalue weighted by atomic mass is 10.1. The minimum absolute atomic E-state index is 0.795. The summed E-state index contributed by atoms with van der Waals surface area (Å²) < 4.78 is 0. The Morgan fingerprint density at radius 3 is 1.56 bits per heavy atom. The lowest BCUT2D eigenvalue weighted by Gasteiger charge is -2.22. The monoisotopic (exact) mass is 228 g/mol. The van der Waals surface area contributed by atoms with Gasteiger partial charge in [0.25, 0.3) is 0 Å². The van der Waals surface area contributed by atoms with Gasteiger partial charge in [0.2, 0.25) is 0 Å². The average Bonchev–Trinajstić information content (AvgIpc) is 2.16. The van der Waals surface area contributed by atoms with E-state index >= 15 is 0 Å². The van der Waals surface area contributed by atoms with Crippen LogP contribution in [0.2, 0.25) is 0 Å². The third kappa shape index (κ3) is 10.4. The Morgan fingerprint density at radius 2 is 1.25 bits per heavy atom. The minimum atomic E-state index is 0.795. The van der Waals surface area contributed by atoms with Crippen LogP contribution in [0.4, 0.5) is 0 Å². The minimum Gasteiger partial charge on any atom is -0.329 e. The van der Waals surface area contributed by atoms with E-state index in [1.54, 1.807) is 0 Å². The molecule has 0 aromatic heterocycles. The molecule has 0 aliphatic rings. The molecule has 0 aliphatic heterocycles. The highest BCUT2D eigenvalue weighted by molar-refractivity contribution is 4.60. The second-order valence-corrected chi connectivity index (χ2v) is 5.70. The van der Waals surface area contributed by atoms with Crippen molar-refractivity contribution in [1.82, 2.24) is 4.90 Å². The van der Waals surface area contributed by atoms with Gasteiger partial charge in [-0.25, -0.2) is 0 Å². The van der Waals surface area contributed by atoms with Crippen LogP contribution in [0.5, 0.6) is 0 Å². The van der Waals surface area contributed by atoms with Crippen LogP contribution in [0, 0.1) is 11.8 Å². The van der Waals surface area contributed by atoms with Gasteiger partial charge in [-0.2, -0.15) is 0 Å². The fraction of sp³-hybridized carbons (Fsp3) is 1.00. The summed E-state index contributed by atoms with van der Waals surface area (Å²) in [5.74, 6) is 1.66. The second-order valence-electron chi connectivity index (χ2n) is 5.70. The number of nitrogens with two attached hydrogens (primary N) is 1. The normalized spacial score (nSPS) is 12.0. The summed E-state index contributed by atoms with van der Waals surface area (Å²) in [5, 5.41) is 0. The van der Waals surface area contributed by atoms with Crippen LogP contribution in [0.1, 0.15) is 53.4 Å². The molecule has 2 N–H and O–H groups in total. The summed E-state index contributed by atoms with van der Waals surface area (Å²) in [4.78, 5) is 2.53. The van der Waals surface area contributed by atoms with E-state index < -0.39 is 0 Å². The summed E-state index contributed by atoms with van der Waals surface area (Å²) >= 11 is 0. The number of rotatable bonds is 10. The topological polar surface area (TPSA) is 29.3 Å². The third-order valence-corrected chi connectivity index (χ3v) is 2.96. The van der Waals surface area contributed by atoms with Crippen molar-refractivity contribution in [3.05, 3.63) is 0 Å². The predicted molar refractivity (Wildman–Crippen MR) is 73.6 cm³/mol. The lowest BCUT2D eigenvalue weighted by molar-refractivity contribution is 0.260. The summed E-state index contributed by atoms with van der Waals surface area (Å²) in [6.07, 6.45) is 5.31. The molecule has 0 unspecified atom stereocenters. The van der Waals surface area contributed by atoms with Crippen molar-refractivity contribution < 1.29 is 0 Å². The molecule has 0 spiro atoms. The smallest absolute Gasteiger partial charge is 0.0105 e. The Morgan fingerprint density at radius 1 is 0.812 bits per heavy atom. The fourth-order valence-electron chi connectivity index (χ4n) is 1.96. The van der Waals surface area contributed by atoms with Gasteiger partial charge in [0.05, 0.1) is 0 Å². The summed E-state index contributed by atoms with van der Waals surface area (Å²) in [7, 11) is 0. The van der Waals surface area contributed by atoms with E-state index in [2.05, 4.69) is 32.6 Å². The molecule has 0 heterocycles. The number of nitrogens with zero attached hydrogens (tertiary/aromatic N) is 1. The van der Waals surface area contributed by atoms with Gasteiger partial charge in [-0.05, 0) is 50.6 Å². The van der Waals surface area contributed by atoms with Crippen LogP contribution < -0.4 is 5.73 Å². The first-order valence-corrected chi connectivity index (χ1v) is 6.98. The molecule has 98 valence electrons. The largest absolute Gasteiger partial charge is 0.329 e.